The molecule has 1 heterocycles. The Morgan fingerprint density at radius 3 is 2.59 bits per heavy atom. The molecule has 0 bridgehead atoms. The molecule has 98 valence electrons. The van der Waals surface area contributed by atoms with E-state index < -0.39 is 0 Å². The maximum Gasteiger partial charge on any atom is 0.249 e. The van der Waals surface area contributed by atoms with E-state index in [1.165, 1.54) is 19.3 Å². The van der Waals surface area contributed by atoms with Crippen LogP contribution in [0.15, 0.2) is 0 Å². The Morgan fingerprint density at radius 1 is 1.06 bits per heavy atom. The molecule has 1 aliphatic heterocycles. The lowest BCUT2D eigenvalue weighted by atomic mass is 10.1. The second-order valence-corrected chi connectivity index (χ2v) is 6.30. The highest BCUT2D eigenvalue weighted by molar-refractivity contribution is 9.09. The summed E-state index contributed by atoms with van der Waals surface area (Å²) in [7, 11) is 0. The number of halogens is 1. The lowest BCUT2D eigenvalue weighted by Gasteiger charge is -2.26. The van der Waals surface area contributed by atoms with Gasteiger partial charge in [-0.15, -0.1) is 0 Å². The largest absolute Gasteiger partial charge is 0.368 e. The van der Waals surface area contributed by atoms with E-state index in [0.29, 0.717) is 4.83 Å². The summed E-state index contributed by atoms with van der Waals surface area (Å²) in [6, 6.07) is 0.288. The number of nitrogens with one attached hydrogen (secondary N) is 1. The Bertz CT molecular complexity index is 254. The van der Waals surface area contributed by atoms with Crippen LogP contribution >= 0.6 is 15.9 Å². The van der Waals surface area contributed by atoms with E-state index in [4.69, 9.17) is 4.74 Å². The van der Waals surface area contributed by atoms with Crippen LogP contribution < -0.4 is 5.32 Å². The molecule has 2 fully saturated rings. The van der Waals surface area contributed by atoms with Gasteiger partial charge in [0, 0.05) is 17.5 Å². The normalized spacial score (nSPS) is 35.0. The molecule has 1 aliphatic carbocycles. The molecule has 1 saturated heterocycles. The monoisotopic (exact) mass is 303 g/mol. The first-order chi connectivity index (χ1) is 8.27. The first-order valence-electron chi connectivity index (χ1n) is 6.83. The molecule has 2 rings (SSSR count). The zero-order valence-electron chi connectivity index (χ0n) is 10.3. The quantitative estimate of drug-likeness (QED) is 0.629. The number of hydrogen-bond donors (Lipinski definition) is 1. The number of alkyl halides is 1. The van der Waals surface area contributed by atoms with Gasteiger partial charge in [-0.3, -0.25) is 4.79 Å². The Kier molecular flexibility index (Phi) is 5.29. The van der Waals surface area contributed by atoms with Gasteiger partial charge in [-0.05, 0) is 32.1 Å². The van der Waals surface area contributed by atoms with Gasteiger partial charge in [0.05, 0.1) is 0 Å². The Hall–Kier alpha value is -0.0900. The number of carbonyl (C=O) groups is 1. The second kappa shape index (κ2) is 6.74. The minimum atomic E-state index is -0.202. The van der Waals surface area contributed by atoms with Crippen LogP contribution in [0.1, 0.15) is 51.4 Å². The standard InChI is InChI=1S/C13H22BrNO2/c14-10-6-2-1-3-7-11(10)15-13(16)12-8-4-5-9-17-12/h10-12H,1-9H2,(H,15,16). The molecule has 1 saturated carbocycles. The molecule has 17 heavy (non-hydrogen) atoms. The van der Waals surface area contributed by atoms with E-state index in [-0.39, 0.29) is 18.1 Å². The average Bonchev–Trinajstić information content (AvgIpc) is 2.56. The maximum absolute atomic E-state index is 12.1. The molecule has 3 nitrogen and oxygen atoms in total. The molecule has 2 aliphatic rings. The van der Waals surface area contributed by atoms with Gasteiger partial charge in [-0.2, -0.15) is 0 Å². The van der Waals surface area contributed by atoms with Crippen molar-refractivity contribution in [2.45, 2.75) is 68.3 Å². The zero-order chi connectivity index (χ0) is 12.1. The number of carbonyl (C=O) groups excluding carboxylic acids is 1. The third-order valence-corrected chi connectivity index (χ3v) is 4.83. The van der Waals surface area contributed by atoms with Crippen molar-refractivity contribution in [3.8, 4) is 0 Å². The van der Waals surface area contributed by atoms with E-state index >= 15 is 0 Å². The van der Waals surface area contributed by atoms with E-state index in [9.17, 15) is 4.79 Å². The highest BCUT2D eigenvalue weighted by atomic mass is 79.9. The third kappa shape index (κ3) is 3.95. The smallest absolute Gasteiger partial charge is 0.249 e. The van der Waals surface area contributed by atoms with Gasteiger partial charge in [0.25, 0.3) is 0 Å². The lowest BCUT2D eigenvalue weighted by Crippen LogP contribution is -2.46. The van der Waals surface area contributed by atoms with Crippen LogP contribution in [0, 0.1) is 0 Å². The number of ether oxygens (including phenoxy) is 1. The van der Waals surface area contributed by atoms with Gasteiger partial charge in [0.1, 0.15) is 6.10 Å². The Labute approximate surface area is 112 Å². The van der Waals surface area contributed by atoms with Gasteiger partial charge in [-0.25, -0.2) is 0 Å². The molecule has 1 amide bonds. The minimum absolute atomic E-state index is 0.0982. The van der Waals surface area contributed by atoms with Crippen molar-refractivity contribution in [2.75, 3.05) is 6.61 Å². The second-order valence-electron chi connectivity index (χ2n) is 5.12. The first kappa shape index (κ1) is 13.3. The van der Waals surface area contributed by atoms with Gasteiger partial charge < -0.3 is 10.1 Å². The maximum atomic E-state index is 12.1. The van der Waals surface area contributed by atoms with Gasteiger partial charge in [-0.1, -0.05) is 35.2 Å². The number of rotatable bonds is 2. The fourth-order valence-electron chi connectivity index (χ4n) is 2.65. The van der Waals surface area contributed by atoms with Crippen LogP contribution in [0.25, 0.3) is 0 Å². The predicted molar refractivity (Wildman–Crippen MR) is 71.3 cm³/mol. The zero-order valence-corrected chi connectivity index (χ0v) is 11.9. The summed E-state index contributed by atoms with van der Waals surface area (Å²) < 4.78 is 5.52. The molecule has 3 unspecified atom stereocenters. The van der Waals surface area contributed by atoms with Crippen molar-refractivity contribution in [1.82, 2.24) is 5.32 Å². The Morgan fingerprint density at radius 2 is 1.82 bits per heavy atom. The summed E-state index contributed by atoms with van der Waals surface area (Å²) in [5.41, 5.74) is 0. The molecule has 0 aromatic carbocycles. The third-order valence-electron chi connectivity index (χ3n) is 3.73. The number of amides is 1. The van der Waals surface area contributed by atoms with E-state index in [2.05, 4.69) is 21.2 Å². The summed E-state index contributed by atoms with van der Waals surface area (Å²) in [4.78, 5) is 12.5. The van der Waals surface area contributed by atoms with Crippen LogP contribution in [0.5, 0.6) is 0 Å². The van der Waals surface area contributed by atoms with Crippen LogP contribution in [-0.4, -0.2) is 29.5 Å². The topological polar surface area (TPSA) is 38.3 Å². The number of hydrogen-bond acceptors (Lipinski definition) is 2. The van der Waals surface area contributed by atoms with Crippen LogP contribution in [0.2, 0.25) is 0 Å². The van der Waals surface area contributed by atoms with Crippen molar-refractivity contribution in [3.63, 3.8) is 0 Å². The lowest BCUT2D eigenvalue weighted by molar-refractivity contribution is -0.136. The van der Waals surface area contributed by atoms with Crippen molar-refractivity contribution in [1.29, 1.82) is 0 Å². The summed E-state index contributed by atoms with van der Waals surface area (Å²) in [5.74, 6) is 0.0982. The van der Waals surface area contributed by atoms with Gasteiger partial charge >= 0.3 is 0 Å². The molecule has 1 N–H and O–H groups in total. The van der Waals surface area contributed by atoms with Gasteiger partial charge in [0.2, 0.25) is 5.91 Å². The van der Waals surface area contributed by atoms with E-state index in [1.54, 1.807) is 0 Å². The van der Waals surface area contributed by atoms with E-state index in [1.807, 2.05) is 0 Å². The molecule has 4 heteroatoms. The first-order valence-corrected chi connectivity index (χ1v) is 7.75. The van der Waals surface area contributed by atoms with Crippen molar-refractivity contribution < 1.29 is 9.53 Å². The highest BCUT2D eigenvalue weighted by Gasteiger charge is 2.27. The molecule has 0 aromatic heterocycles. The van der Waals surface area contributed by atoms with Crippen molar-refractivity contribution in [2.24, 2.45) is 0 Å². The fraction of sp³-hybridized carbons (Fsp3) is 0.923. The molecular formula is C13H22BrNO2. The summed E-state index contributed by atoms with van der Waals surface area (Å²) in [6.45, 7) is 0.737. The van der Waals surface area contributed by atoms with Gasteiger partial charge in [0.15, 0.2) is 0 Å². The predicted octanol–water partition coefficient (Wildman–Crippen LogP) is 2.77. The summed E-state index contributed by atoms with van der Waals surface area (Å²) in [5, 5.41) is 3.17. The summed E-state index contributed by atoms with van der Waals surface area (Å²) >= 11 is 3.70. The van der Waals surface area contributed by atoms with E-state index in [0.717, 1.165) is 38.7 Å². The average molecular weight is 304 g/mol. The van der Waals surface area contributed by atoms with Crippen LogP contribution in [0.3, 0.4) is 0 Å². The molecule has 3 atom stereocenters. The molecule has 0 spiro atoms. The Balaban J connectivity index is 1.83. The molecule has 0 aromatic rings. The van der Waals surface area contributed by atoms with Crippen molar-refractivity contribution in [3.05, 3.63) is 0 Å². The minimum Gasteiger partial charge on any atom is -0.368 e. The van der Waals surface area contributed by atoms with Crippen LogP contribution in [0.4, 0.5) is 0 Å². The van der Waals surface area contributed by atoms with Crippen molar-refractivity contribution >= 4 is 21.8 Å². The fourth-order valence-corrected chi connectivity index (χ4v) is 3.37. The summed E-state index contributed by atoms with van der Waals surface area (Å²) in [6.07, 6.45) is 8.91. The highest BCUT2D eigenvalue weighted by Crippen LogP contribution is 2.24. The molecular weight excluding hydrogens is 282 g/mol. The van der Waals surface area contributed by atoms with Crippen LogP contribution in [-0.2, 0) is 9.53 Å². The SMILES string of the molecule is O=C(NC1CCCCCC1Br)C1CCCCO1. The molecule has 0 radical (unpaired) electrons.